The quantitative estimate of drug-likeness (QED) is 0.861. The van der Waals surface area contributed by atoms with Gasteiger partial charge in [-0.25, -0.2) is 0 Å². The van der Waals surface area contributed by atoms with Crippen molar-refractivity contribution in [1.29, 1.82) is 0 Å². The van der Waals surface area contributed by atoms with Crippen LogP contribution in [-0.4, -0.2) is 18.1 Å². The summed E-state index contributed by atoms with van der Waals surface area (Å²) in [6.07, 6.45) is 2.95. The number of nitrogens with zero attached hydrogens (tertiary/aromatic N) is 1. The van der Waals surface area contributed by atoms with Gasteiger partial charge in [0.15, 0.2) is 5.60 Å². The molecule has 2 N–H and O–H groups in total. The van der Waals surface area contributed by atoms with Gasteiger partial charge in [-0.1, -0.05) is 33.3 Å². The first-order valence-electron chi connectivity index (χ1n) is 8.66. The van der Waals surface area contributed by atoms with Gasteiger partial charge in [-0.2, -0.15) is 0 Å². The van der Waals surface area contributed by atoms with Gasteiger partial charge in [0, 0.05) is 12.6 Å². The van der Waals surface area contributed by atoms with Gasteiger partial charge in [0.2, 0.25) is 0 Å². The van der Waals surface area contributed by atoms with E-state index in [0.717, 1.165) is 42.8 Å². The van der Waals surface area contributed by atoms with E-state index in [4.69, 9.17) is 10.5 Å². The van der Waals surface area contributed by atoms with Gasteiger partial charge in [-0.05, 0) is 50.3 Å². The van der Waals surface area contributed by atoms with Crippen molar-refractivity contribution in [2.24, 2.45) is 11.7 Å². The monoisotopic (exact) mass is 318 g/mol. The van der Waals surface area contributed by atoms with Gasteiger partial charge in [0.1, 0.15) is 5.75 Å². The molecule has 128 valence electrons. The van der Waals surface area contributed by atoms with Crippen LogP contribution in [0.2, 0.25) is 0 Å². The normalized spacial score (nSPS) is 17.9. The number of fused-ring (bicyclic) bond motifs is 1. The van der Waals surface area contributed by atoms with Crippen LogP contribution < -0.4 is 15.4 Å². The topological polar surface area (TPSA) is 55.6 Å². The Bertz CT molecular complexity index is 566. The summed E-state index contributed by atoms with van der Waals surface area (Å²) < 4.78 is 5.93. The average Bonchev–Trinajstić information content (AvgIpc) is 2.46. The van der Waals surface area contributed by atoms with Crippen molar-refractivity contribution in [2.75, 3.05) is 11.4 Å². The lowest BCUT2D eigenvalue weighted by Gasteiger charge is -2.39. The molecule has 0 aromatic heterocycles. The molecule has 0 aliphatic carbocycles. The summed E-state index contributed by atoms with van der Waals surface area (Å²) in [5.74, 6) is 1.33. The summed E-state index contributed by atoms with van der Waals surface area (Å²) in [5.41, 5.74) is 7.43. The molecule has 1 unspecified atom stereocenters. The molecule has 23 heavy (non-hydrogen) atoms. The zero-order valence-electron chi connectivity index (χ0n) is 15.1. The molecule has 1 aromatic rings. The highest BCUT2D eigenvalue weighted by atomic mass is 16.5. The molecular formula is C19H30N2O2. The van der Waals surface area contributed by atoms with Crippen molar-refractivity contribution < 1.29 is 9.53 Å². The van der Waals surface area contributed by atoms with Crippen LogP contribution >= 0.6 is 0 Å². The Kier molecular flexibility index (Phi) is 5.35. The van der Waals surface area contributed by atoms with E-state index in [1.807, 2.05) is 36.9 Å². The molecule has 1 heterocycles. The highest BCUT2D eigenvalue weighted by Crippen LogP contribution is 2.39. The largest absolute Gasteiger partial charge is 0.476 e. The van der Waals surface area contributed by atoms with Crippen LogP contribution in [0.1, 0.15) is 65.5 Å². The number of carbonyl (C=O) groups is 1. The molecule has 1 atom stereocenters. The third-order valence-electron chi connectivity index (χ3n) is 4.29. The number of anilines is 1. The van der Waals surface area contributed by atoms with Crippen LogP contribution in [-0.2, 0) is 4.79 Å². The van der Waals surface area contributed by atoms with E-state index < -0.39 is 5.60 Å². The smallest absolute Gasteiger partial charge is 0.270 e. The number of nitrogens with two attached hydrogens (primary N) is 1. The van der Waals surface area contributed by atoms with E-state index in [1.54, 1.807) is 0 Å². The molecule has 0 spiro atoms. The molecule has 4 heteroatoms. The molecule has 4 nitrogen and oxygen atoms in total. The van der Waals surface area contributed by atoms with Crippen molar-refractivity contribution in [3.63, 3.8) is 0 Å². The maximum absolute atomic E-state index is 12.7. The molecule has 0 saturated carbocycles. The van der Waals surface area contributed by atoms with Gasteiger partial charge in [0.05, 0.1) is 5.69 Å². The molecule has 1 aromatic carbocycles. The second kappa shape index (κ2) is 6.91. The molecule has 1 aliphatic rings. The third kappa shape index (κ3) is 3.86. The lowest BCUT2D eigenvalue weighted by molar-refractivity contribution is -0.132. The van der Waals surface area contributed by atoms with Crippen LogP contribution in [0.5, 0.6) is 5.75 Å². The Hall–Kier alpha value is -1.55. The van der Waals surface area contributed by atoms with Gasteiger partial charge >= 0.3 is 0 Å². The van der Waals surface area contributed by atoms with Gasteiger partial charge < -0.3 is 15.4 Å². The maximum atomic E-state index is 12.7. The number of carbonyl (C=O) groups excluding carboxylic acids is 1. The first-order valence-corrected chi connectivity index (χ1v) is 8.66. The third-order valence-corrected chi connectivity index (χ3v) is 4.29. The zero-order valence-corrected chi connectivity index (χ0v) is 15.1. The number of benzene rings is 1. The molecule has 0 saturated heterocycles. The number of unbranched alkanes of at least 4 members (excludes halogenated alkanes) is 1. The fourth-order valence-corrected chi connectivity index (χ4v) is 3.00. The molecule has 0 bridgehead atoms. The first-order chi connectivity index (χ1) is 10.8. The maximum Gasteiger partial charge on any atom is 0.270 e. The molecular weight excluding hydrogens is 288 g/mol. The highest BCUT2D eigenvalue weighted by Gasteiger charge is 2.40. The summed E-state index contributed by atoms with van der Waals surface area (Å²) in [6.45, 7) is 10.8. The standard InChI is InChI=1S/C19H30N2O2/c1-6-7-10-21-16-12-14(15(20)11-13(2)3)8-9-17(16)23-19(4,5)18(21)22/h8-9,12-13,15H,6-7,10-11,20H2,1-5H3. The lowest BCUT2D eigenvalue weighted by atomic mass is 9.96. The van der Waals surface area contributed by atoms with E-state index in [2.05, 4.69) is 20.8 Å². The minimum absolute atomic E-state index is 0.0154. The summed E-state index contributed by atoms with van der Waals surface area (Å²) in [7, 11) is 0. The zero-order chi connectivity index (χ0) is 17.2. The average molecular weight is 318 g/mol. The second-order valence-electron chi connectivity index (χ2n) is 7.39. The minimum Gasteiger partial charge on any atom is -0.476 e. The van der Waals surface area contributed by atoms with Crippen LogP contribution in [0.3, 0.4) is 0 Å². The van der Waals surface area contributed by atoms with Crippen LogP contribution in [0, 0.1) is 5.92 Å². The predicted octanol–water partition coefficient (Wildman–Crippen LogP) is 4.04. The SMILES string of the molecule is CCCCN1C(=O)C(C)(C)Oc2ccc(C(N)CC(C)C)cc21. The van der Waals surface area contributed by atoms with Gasteiger partial charge in [-0.15, -0.1) is 0 Å². The molecule has 0 radical (unpaired) electrons. The number of hydrogen-bond donors (Lipinski definition) is 1. The highest BCUT2D eigenvalue weighted by molar-refractivity contribution is 6.02. The molecule has 1 aliphatic heterocycles. The van der Waals surface area contributed by atoms with Crippen LogP contribution in [0.4, 0.5) is 5.69 Å². The summed E-state index contributed by atoms with van der Waals surface area (Å²) in [5, 5.41) is 0. The van der Waals surface area contributed by atoms with Crippen molar-refractivity contribution >= 4 is 11.6 Å². The summed E-state index contributed by atoms with van der Waals surface area (Å²) in [6, 6.07) is 6.00. The fourth-order valence-electron chi connectivity index (χ4n) is 3.00. The molecule has 0 fully saturated rings. The predicted molar refractivity (Wildman–Crippen MR) is 94.8 cm³/mol. The summed E-state index contributed by atoms with van der Waals surface area (Å²) in [4.78, 5) is 14.6. The Morgan fingerprint density at radius 3 is 2.61 bits per heavy atom. The van der Waals surface area contributed by atoms with Crippen LogP contribution in [0.25, 0.3) is 0 Å². The van der Waals surface area contributed by atoms with Crippen molar-refractivity contribution in [2.45, 2.75) is 65.5 Å². The number of hydrogen-bond acceptors (Lipinski definition) is 3. The van der Waals surface area contributed by atoms with Crippen molar-refractivity contribution in [3.05, 3.63) is 23.8 Å². The summed E-state index contributed by atoms with van der Waals surface area (Å²) >= 11 is 0. The van der Waals surface area contributed by atoms with E-state index in [1.165, 1.54) is 0 Å². The fraction of sp³-hybridized carbons (Fsp3) is 0.632. The first kappa shape index (κ1) is 17.8. The minimum atomic E-state index is -0.817. The number of rotatable bonds is 6. The van der Waals surface area contributed by atoms with E-state index in [0.29, 0.717) is 5.92 Å². The molecule has 2 rings (SSSR count). The number of amides is 1. The van der Waals surface area contributed by atoms with Crippen molar-refractivity contribution in [1.82, 2.24) is 0 Å². The van der Waals surface area contributed by atoms with E-state index in [-0.39, 0.29) is 11.9 Å². The Balaban J connectivity index is 2.37. The van der Waals surface area contributed by atoms with Crippen LogP contribution in [0.15, 0.2) is 18.2 Å². The Morgan fingerprint density at radius 2 is 2.00 bits per heavy atom. The second-order valence-corrected chi connectivity index (χ2v) is 7.39. The van der Waals surface area contributed by atoms with E-state index in [9.17, 15) is 4.79 Å². The Labute approximate surface area is 140 Å². The molecule has 1 amide bonds. The van der Waals surface area contributed by atoms with Crippen molar-refractivity contribution in [3.8, 4) is 5.75 Å². The number of ether oxygens (including phenoxy) is 1. The van der Waals surface area contributed by atoms with Gasteiger partial charge in [0.25, 0.3) is 5.91 Å². The van der Waals surface area contributed by atoms with E-state index >= 15 is 0 Å². The Morgan fingerprint density at radius 1 is 1.30 bits per heavy atom. The lowest BCUT2D eigenvalue weighted by Crippen LogP contribution is -2.52. The van der Waals surface area contributed by atoms with Gasteiger partial charge in [-0.3, -0.25) is 4.79 Å².